The van der Waals surface area contributed by atoms with Crippen LogP contribution in [-0.2, 0) is 10.0 Å². The molecule has 9 heteroatoms. The molecule has 0 aromatic heterocycles. The largest absolute Gasteiger partial charge is 0.496 e. The summed E-state index contributed by atoms with van der Waals surface area (Å²) in [5, 5.41) is 9.11. The molecular weight excluding hydrogens is 354 g/mol. The first-order valence-electron chi connectivity index (χ1n) is 6.53. The summed E-state index contributed by atoms with van der Waals surface area (Å²) in [6.07, 6.45) is 0. The van der Waals surface area contributed by atoms with Crippen LogP contribution in [0.3, 0.4) is 0 Å². The predicted molar refractivity (Wildman–Crippen MR) is 86.9 cm³/mol. The molecule has 1 amide bonds. The number of nitrogens with one attached hydrogen (secondary N) is 2. The van der Waals surface area contributed by atoms with Crippen molar-refractivity contribution in [1.82, 2.24) is 10.3 Å². The maximum Gasteiger partial charge on any atom is 0.270 e. The van der Waals surface area contributed by atoms with Crippen LogP contribution in [0.25, 0.3) is 0 Å². The van der Waals surface area contributed by atoms with Crippen molar-refractivity contribution in [3.63, 3.8) is 0 Å². The summed E-state index contributed by atoms with van der Waals surface area (Å²) in [6, 6.07) is 11.6. The van der Waals surface area contributed by atoms with Gasteiger partial charge in [0, 0.05) is 5.02 Å². The Bertz CT molecular complexity index is 923. The molecule has 0 aliphatic rings. The van der Waals surface area contributed by atoms with Gasteiger partial charge in [0.15, 0.2) is 0 Å². The monoisotopic (exact) mass is 365 g/mol. The van der Waals surface area contributed by atoms with E-state index in [1.807, 2.05) is 10.9 Å². The molecule has 0 aliphatic heterocycles. The predicted octanol–water partition coefficient (Wildman–Crippen LogP) is 1.84. The van der Waals surface area contributed by atoms with Gasteiger partial charge in [-0.2, -0.15) is 5.26 Å². The van der Waals surface area contributed by atoms with Crippen molar-refractivity contribution in [2.45, 2.75) is 4.90 Å². The van der Waals surface area contributed by atoms with Crippen LogP contribution in [0.15, 0.2) is 47.4 Å². The van der Waals surface area contributed by atoms with E-state index in [9.17, 15) is 13.2 Å². The van der Waals surface area contributed by atoms with Crippen molar-refractivity contribution in [1.29, 1.82) is 5.26 Å². The fourth-order valence-electron chi connectivity index (χ4n) is 1.83. The summed E-state index contributed by atoms with van der Waals surface area (Å²) in [6.45, 7) is 0. The van der Waals surface area contributed by atoms with Gasteiger partial charge in [-0.05, 0) is 36.4 Å². The number of carbonyl (C=O) groups excluding carboxylic acids is 1. The third-order valence-electron chi connectivity index (χ3n) is 2.98. The lowest BCUT2D eigenvalue weighted by Gasteiger charge is -2.11. The Morgan fingerprint density at radius 1 is 1.25 bits per heavy atom. The van der Waals surface area contributed by atoms with E-state index in [1.165, 1.54) is 49.6 Å². The summed E-state index contributed by atoms with van der Waals surface area (Å²) in [5.41, 5.74) is 2.33. The molecule has 0 unspecified atom stereocenters. The van der Waals surface area contributed by atoms with E-state index in [0.29, 0.717) is 5.02 Å². The number of nitriles is 1. The maximum atomic E-state index is 12.2. The van der Waals surface area contributed by atoms with E-state index in [0.717, 1.165) is 0 Å². The van der Waals surface area contributed by atoms with Gasteiger partial charge in [0.05, 0.1) is 29.2 Å². The maximum absolute atomic E-state index is 12.2. The second-order valence-electron chi connectivity index (χ2n) is 4.54. The summed E-state index contributed by atoms with van der Waals surface area (Å²) in [7, 11) is -2.66. The Balaban J connectivity index is 2.19. The van der Waals surface area contributed by atoms with Crippen molar-refractivity contribution >= 4 is 27.5 Å². The third kappa shape index (κ3) is 4.02. The van der Waals surface area contributed by atoms with Gasteiger partial charge in [-0.1, -0.05) is 17.7 Å². The number of nitrogens with zero attached hydrogens (tertiary/aromatic N) is 1. The quantitative estimate of drug-likeness (QED) is 0.786. The second kappa shape index (κ2) is 7.31. The van der Waals surface area contributed by atoms with E-state index in [2.05, 4.69) is 5.43 Å². The SMILES string of the molecule is COc1ccc(Cl)cc1C(=O)NNS(=O)(=O)c1cccc(C#N)c1. The number of sulfonamides is 1. The molecule has 2 N–H and O–H groups in total. The van der Waals surface area contributed by atoms with E-state index in [1.54, 1.807) is 0 Å². The molecule has 7 nitrogen and oxygen atoms in total. The highest BCUT2D eigenvalue weighted by Crippen LogP contribution is 2.22. The standard InChI is InChI=1S/C15H12ClN3O4S/c1-23-14-6-5-11(16)8-13(14)15(20)18-19-24(21,22)12-4-2-3-10(7-12)9-17/h2-8,19H,1H3,(H,18,20). The number of hydrogen-bond acceptors (Lipinski definition) is 5. The number of rotatable bonds is 5. The molecule has 2 rings (SSSR count). The molecule has 0 saturated carbocycles. The topological polar surface area (TPSA) is 108 Å². The van der Waals surface area contributed by atoms with E-state index in [4.69, 9.17) is 21.6 Å². The zero-order valence-corrected chi connectivity index (χ0v) is 14.0. The normalized spacial score (nSPS) is 10.7. The van der Waals surface area contributed by atoms with Crippen LogP contribution in [0.5, 0.6) is 5.75 Å². The molecule has 0 atom stereocenters. The van der Waals surface area contributed by atoms with Gasteiger partial charge in [-0.25, -0.2) is 8.42 Å². The lowest BCUT2D eigenvalue weighted by molar-refractivity contribution is 0.0942. The van der Waals surface area contributed by atoms with Crippen LogP contribution >= 0.6 is 11.6 Å². The number of carbonyl (C=O) groups is 1. The van der Waals surface area contributed by atoms with Crippen LogP contribution in [0.4, 0.5) is 0 Å². The van der Waals surface area contributed by atoms with Crippen molar-refractivity contribution in [3.8, 4) is 11.8 Å². The first-order valence-corrected chi connectivity index (χ1v) is 8.39. The molecule has 0 fully saturated rings. The highest BCUT2D eigenvalue weighted by Gasteiger charge is 2.18. The van der Waals surface area contributed by atoms with E-state index < -0.39 is 15.9 Å². The molecule has 2 aromatic rings. The molecule has 0 heterocycles. The summed E-state index contributed by atoms with van der Waals surface area (Å²) in [4.78, 5) is 14.0. The number of halogens is 1. The fraction of sp³-hybridized carbons (Fsp3) is 0.0667. The van der Waals surface area contributed by atoms with Gasteiger partial charge in [0.25, 0.3) is 15.9 Å². The highest BCUT2D eigenvalue weighted by atomic mass is 35.5. The van der Waals surface area contributed by atoms with Gasteiger partial charge in [0.2, 0.25) is 0 Å². The minimum atomic E-state index is -4.03. The van der Waals surface area contributed by atoms with Crippen molar-refractivity contribution in [2.75, 3.05) is 7.11 Å². The molecule has 0 bridgehead atoms. The van der Waals surface area contributed by atoms with Crippen LogP contribution < -0.4 is 15.0 Å². The number of amides is 1. The molecule has 0 saturated heterocycles. The van der Waals surface area contributed by atoms with Gasteiger partial charge in [-0.15, -0.1) is 4.83 Å². The van der Waals surface area contributed by atoms with Crippen LogP contribution in [-0.4, -0.2) is 21.4 Å². The second-order valence-corrected chi connectivity index (χ2v) is 6.66. The minimum absolute atomic E-state index is 0.0680. The summed E-state index contributed by atoms with van der Waals surface area (Å²) >= 11 is 5.83. The van der Waals surface area contributed by atoms with Crippen molar-refractivity contribution in [3.05, 3.63) is 58.6 Å². The number of hydrazine groups is 1. The molecule has 0 radical (unpaired) electrons. The number of methoxy groups -OCH3 is 1. The Morgan fingerprint density at radius 2 is 2.00 bits per heavy atom. The first kappa shape index (κ1) is 17.7. The smallest absolute Gasteiger partial charge is 0.270 e. The number of ether oxygens (including phenoxy) is 1. The van der Waals surface area contributed by atoms with E-state index in [-0.39, 0.29) is 21.8 Å². The molecule has 124 valence electrons. The zero-order chi connectivity index (χ0) is 17.7. The average molecular weight is 366 g/mol. The lowest BCUT2D eigenvalue weighted by atomic mass is 10.2. The van der Waals surface area contributed by atoms with Crippen molar-refractivity contribution in [2.24, 2.45) is 0 Å². The van der Waals surface area contributed by atoms with Crippen molar-refractivity contribution < 1.29 is 17.9 Å². The molecule has 0 spiro atoms. The van der Waals surface area contributed by atoms with Crippen LogP contribution in [0.2, 0.25) is 5.02 Å². The molecular formula is C15H12ClN3O4S. The Labute approximate surface area is 143 Å². The Kier molecular flexibility index (Phi) is 5.41. The van der Waals surface area contributed by atoms with Gasteiger partial charge in [-0.3, -0.25) is 10.2 Å². The minimum Gasteiger partial charge on any atom is -0.496 e. The summed E-state index contributed by atoms with van der Waals surface area (Å²) in [5.74, 6) is -0.503. The number of hydrogen-bond donors (Lipinski definition) is 2. The van der Waals surface area contributed by atoms with Gasteiger partial charge < -0.3 is 4.74 Å². The molecule has 0 aliphatic carbocycles. The first-order chi connectivity index (χ1) is 11.4. The Morgan fingerprint density at radius 3 is 2.67 bits per heavy atom. The fourth-order valence-corrected chi connectivity index (χ4v) is 2.89. The molecule has 2 aromatic carbocycles. The van der Waals surface area contributed by atoms with Gasteiger partial charge >= 0.3 is 0 Å². The Hall–Kier alpha value is -2.60. The summed E-state index contributed by atoms with van der Waals surface area (Å²) < 4.78 is 29.4. The third-order valence-corrected chi connectivity index (χ3v) is 4.46. The zero-order valence-electron chi connectivity index (χ0n) is 12.4. The average Bonchev–Trinajstić information content (AvgIpc) is 2.59. The number of benzene rings is 2. The van der Waals surface area contributed by atoms with Gasteiger partial charge in [0.1, 0.15) is 5.75 Å². The molecule has 24 heavy (non-hydrogen) atoms. The highest BCUT2D eigenvalue weighted by molar-refractivity contribution is 7.89. The van der Waals surface area contributed by atoms with Crippen LogP contribution in [0.1, 0.15) is 15.9 Å². The van der Waals surface area contributed by atoms with Crippen LogP contribution in [0, 0.1) is 11.3 Å². The lowest BCUT2D eigenvalue weighted by Crippen LogP contribution is -2.41. The van der Waals surface area contributed by atoms with E-state index >= 15 is 0 Å².